The van der Waals surface area contributed by atoms with Crippen LogP contribution >= 0.6 is 11.6 Å². The van der Waals surface area contributed by atoms with Crippen molar-refractivity contribution in [3.05, 3.63) is 29.4 Å². The van der Waals surface area contributed by atoms with Crippen molar-refractivity contribution in [3.63, 3.8) is 0 Å². The number of esters is 1. The number of nitrogens with zero attached hydrogens (tertiary/aromatic N) is 4. The molecule has 3 heterocycles. The zero-order valence-corrected chi connectivity index (χ0v) is 15.9. The minimum absolute atomic E-state index is 0.00857. The summed E-state index contributed by atoms with van der Waals surface area (Å²) in [5, 5.41) is 0.659. The summed E-state index contributed by atoms with van der Waals surface area (Å²) in [6, 6.07) is 5.53. The van der Waals surface area contributed by atoms with E-state index in [2.05, 4.69) is 14.8 Å². The first-order chi connectivity index (χ1) is 12.4. The number of hydrogen-bond donors (Lipinski definition) is 0. The fourth-order valence-corrected chi connectivity index (χ4v) is 4.21. The maximum Gasteiger partial charge on any atom is 0.312 e. The molecule has 0 N–H and O–H groups in total. The highest BCUT2D eigenvalue weighted by atomic mass is 35.5. The van der Waals surface area contributed by atoms with Gasteiger partial charge in [0.05, 0.1) is 22.6 Å². The van der Waals surface area contributed by atoms with Crippen LogP contribution in [0.5, 0.6) is 0 Å². The average Bonchev–Trinajstić information content (AvgIpc) is 2.89. The number of carbonyl (C=O) groups is 1. The molecule has 2 saturated heterocycles. The van der Waals surface area contributed by atoms with Crippen molar-refractivity contribution in [2.75, 3.05) is 38.6 Å². The van der Waals surface area contributed by atoms with Gasteiger partial charge in [-0.2, -0.15) is 0 Å². The van der Waals surface area contributed by atoms with E-state index in [1.54, 1.807) is 6.20 Å². The lowest BCUT2D eigenvalue weighted by Crippen LogP contribution is -2.43. The van der Waals surface area contributed by atoms with Crippen molar-refractivity contribution >= 4 is 34.4 Å². The number of hydrogen-bond acceptors (Lipinski definition) is 6. The van der Waals surface area contributed by atoms with Crippen LogP contribution in [0, 0.1) is 5.41 Å². The quantitative estimate of drug-likeness (QED) is 0.770. The highest BCUT2D eigenvalue weighted by Crippen LogP contribution is 2.43. The van der Waals surface area contributed by atoms with E-state index >= 15 is 0 Å². The molecule has 0 aliphatic carbocycles. The number of ether oxygens (including phenoxy) is 1. The number of benzene rings is 1. The Hall–Kier alpha value is -1.92. The molecule has 0 saturated carbocycles. The van der Waals surface area contributed by atoms with Gasteiger partial charge in [-0.05, 0) is 45.1 Å². The second kappa shape index (κ2) is 6.67. The Morgan fingerprint density at radius 2 is 2.08 bits per heavy atom. The summed E-state index contributed by atoms with van der Waals surface area (Å²) < 4.78 is 5.64. The minimum atomic E-state index is -0.324. The second-order valence-corrected chi connectivity index (χ2v) is 8.06. The van der Waals surface area contributed by atoms with E-state index < -0.39 is 0 Å². The van der Waals surface area contributed by atoms with Crippen LogP contribution in [-0.4, -0.2) is 60.7 Å². The predicted octanol–water partition coefficient (Wildman–Crippen LogP) is 2.75. The number of carbonyl (C=O) groups excluding carboxylic acids is 1. The number of rotatable bonds is 3. The third-order valence-electron chi connectivity index (χ3n) is 5.43. The summed E-state index contributed by atoms with van der Waals surface area (Å²) in [7, 11) is 4.01. The third-order valence-corrected chi connectivity index (χ3v) is 5.67. The van der Waals surface area contributed by atoms with Crippen LogP contribution in [0.25, 0.3) is 11.0 Å². The van der Waals surface area contributed by atoms with E-state index in [-0.39, 0.29) is 17.5 Å². The summed E-state index contributed by atoms with van der Waals surface area (Å²) in [4.78, 5) is 26.0. The van der Waals surface area contributed by atoms with Crippen molar-refractivity contribution < 1.29 is 9.53 Å². The van der Waals surface area contributed by atoms with Gasteiger partial charge in [0, 0.05) is 31.1 Å². The zero-order chi connectivity index (χ0) is 18.3. The average molecular weight is 375 g/mol. The summed E-state index contributed by atoms with van der Waals surface area (Å²) in [6.07, 6.45) is 4.22. The number of anilines is 1. The lowest BCUT2D eigenvalue weighted by atomic mass is 9.76. The second-order valence-electron chi connectivity index (χ2n) is 7.62. The van der Waals surface area contributed by atoms with Gasteiger partial charge >= 0.3 is 5.97 Å². The van der Waals surface area contributed by atoms with Gasteiger partial charge in [-0.25, -0.2) is 4.98 Å². The Morgan fingerprint density at radius 1 is 1.31 bits per heavy atom. The van der Waals surface area contributed by atoms with Crippen LogP contribution in [0.1, 0.15) is 19.3 Å². The van der Waals surface area contributed by atoms with Gasteiger partial charge in [0.2, 0.25) is 0 Å². The van der Waals surface area contributed by atoms with Gasteiger partial charge in [0.1, 0.15) is 11.9 Å². The van der Waals surface area contributed by atoms with E-state index in [4.69, 9.17) is 21.3 Å². The molecule has 2 fully saturated rings. The maximum atomic E-state index is 12.5. The van der Waals surface area contributed by atoms with Gasteiger partial charge in [0.25, 0.3) is 0 Å². The largest absolute Gasteiger partial charge is 0.461 e. The first-order valence-electron chi connectivity index (χ1n) is 8.98. The number of aromatic nitrogens is 2. The first kappa shape index (κ1) is 17.5. The molecular weight excluding hydrogens is 352 g/mol. The van der Waals surface area contributed by atoms with E-state index in [0.717, 1.165) is 55.7 Å². The summed E-state index contributed by atoms with van der Waals surface area (Å²) >= 11 is 6.01. The Kier molecular flexibility index (Phi) is 4.49. The first-order valence-corrected chi connectivity index (χ1v) is 9.36. The van der Waals surface area contributed by atoms with Crippen LogP contribution in [0.2, 0.25) is 5.02 Å². The molecule has 2 aliphatic rings. The van der Waals surface area contributed by atoms with Crippen LogP contribution in [0.4, 0.5) is 5.82 Å². The molecule has 6 nitrogen and oxygen atoms in total. The standard InChI is InChI=1S/C19H23ClN4O2/c1-23(2)12-14-10-19(18(25)26-14)5-7-24(8-6-19)17-11-21-16-9-13(20)3-4-15(16)22-17/h3-4,9,11,14H,5-8,10,12H2,1-2H3. The molecule has 1 unspecified atom stereocenters. The predicted molar refractivity (Wildman–Crippen MR) is 101 cm³/mol. The van der Waals surface area contributed by atoms with Gasteiger partial charge in [-0.1, -0.05) is 11.6 Å². The lowest BCUT2D eigenvalue weighted by molar-refractivity contribution is -0.150. The molecule has 0 radical (unpaired) electrons. The summed E-state index contributed by atoms with van der Waals surface area (Å²) in [5.74, 6) is 0.828. The van der Waals surface area contributed by atoms with Gasteiger partial charge in [-0.15, -0.1) is 0 Å². The van der Waals surface area contributed by atoms with Crippen LogP contribution in [0.3, 0.4) is 0 Å². The van der Waals surface area contributed by atoms with E-state index in [9.17, 15) is 4.79 Å². The summed E-state index contributed by atoms with van der Waals surface area (Å²) in [5.41, 5.74) is 1.30. The van der Waals surface area contributed by atoms with E-state index in [1.165, 1.54) is 0 Å². The van der Waals surface area contributed by atoms with Crippen molar-refractivity contribution in [2.45, 2.75) is 25.4 Å². The Bertz CT molecular complexity index is 833. The van der Waals surface area contributed by atoms with Crippen molar-refractivity contribution in [2.24, 2.45) is 5.41 Å². The molecule has 138 valence electrons. The number of piperidine rings is 1. The van der Waals surface area contributed by atoms with Gasteiger partial charge in [0.15, 0.2) is 0 Å². The lowest BCUT2D eigenvalue weighted by Gasteiger charge is -2.37. The maximum absolute atomic E-state index is 12.5. The Labute approximate surface area is 158 Å². The molecule has 2 aliphatic heterocycles. The Balaban J connectivity index is 1.47. The van der Waals surface area contributed by atoms with Crippen LogP contribution in [-0.2, 0) is 9.53 Å². The fraction of sp³-hybridized carbons (Fsp3) is 0.526. The molecule has 1 aromatic heterocycles. The number of likely N-dealkylation sites (N-methyl/N-ethyl adjacent to an activating group) is 1. The zero-order valence-electron chi connectivity index (χ0n) is 15.1. The number of fused-ring (bicyclic) bond motifs is 1. The fourth-order valence-electron chi connectivity index (χ4n) is 4.04. The van der Waals surface area contributed by atoms with Gasteiger partial charge < -0.3 is 14.5 Å². The smallest absolute Gasteiger partial charge is 0.312 e. The SMILES string of the molecule is CN(C)CC1CC2(CCN(c3cnc4cc(Cl)ccc4n3)CC2)C(=O)O1. The molecular formula is C19H23ClN4O2. The topological polar surface area (TPSA) is 58.6 Å². The molecule has 7 heteroatoms. The van der Waals surface area contributed by atoms with Crippen LogP contribution in [0.15, 0.2) is 24.4 Å². The molecule has 1 spiro atoms. The number of halogens is 1. The van der Waals surface area contributed by atoms with Crippen molar-refractivity contribution in [1.82, 2.24) is 14.9 Å². The molecule has 0 amide bonds. The van der Waals surface area contributed by atoms with Crippen LogP contribution < -0.4 is 4.90 Å². The minimum Gasteiger partial charge on any atom is -0.461 e. The summed E-state index contributed by atoms with van der Waals surface area (Å²) in [6.45, 7) is 2.37. The number of cyclic esters (lactones) is 1. The third kappa shape index (κ3) is 3.23. The van der Waals surface area contributed by atoms with E-state index in [0.29, 0.717) is 5.02 Å². The highest BCUT2D eigenvalue weighted by Gasteiger charge is 2.50. The highest BCUT2D eigenvalue weighted by molar-refractivity contribution is 6.31. The molecule has 2 aromatic rings. The Morgan fingerprint density at radius 3 is 2.81 bits per heavy atom. The van der Waals surface area contributed by atoms with E-state index in [1.807, 2.05) is 32.3 Å². The molecule has 0 bridgehead atoms. The molecule has 1 aromatic carbocycles. The molecule has 4 rings (SSSR count). The van der Waals surface area contributed by atoms with Gasteiger partial charge in [-0.3, -0.25) is 9.78 Å². The van der Waals surface area contributed by atoms with Crippen molar-refractivity contribution in [3.8, 4) is 0 Å². The molecule has 26 heavy (non-hydrogen) atoms. The molecule has 1 atom stereocenters. The normalized spacial score (nSPS) is 22.4. The monoisotopic (exact) mass is 374 g/mol. The van der Waals surface area contributed by atoms with Crippen molar-refractivity contribution in [1.29, 1.82) is 0 Å².